The van der Waals surface area contributed by atoms with Crippen LogP contribution >= 0.6 is 12.2 Å². The summed E-state index contributed by atoms with van der Waals surface area (Å²) in [5.74, 6) is -0.875. The molecular weight excluding hydrogens is 310 g/mol. The summed E-state index contributed by atoms with van der Waals surface area (Å²) in [4.78, 5) is 16.5. The molecular formula is C18H15NO3S. The van der Waals surface area contributed by atoms with Gasteiger partial charge in [-0.25, -0.2) is 9.78 Å². The normalized spacial score (nSPS) is 13.3. The van der Waals surface area contributed by atoms with Crippen molar-refractivity contribution < 1.29 is 14.6 Å². The molecule has 0 unspecified atom stereocenters. The Kier molecular flexibility index (Phi) is 3.96. The van der Waals surface area contributed by atoms with Crippen molar-refractivity contribution in [2.75, 3.05) is 7.11 Å². The first-order valence-corrected chi connectivity index (χ1v) is 7.54. The number of fused-ring (bicyclic) bond motifs is 1. The number of allylic oxidation sites excluding steroid dienone is 1. The number of thiocarbonyl (C=S) groups is 1. The number of carbonyl (C=O) groups excluding carboxylic acids is 1. The lowest BCUT2D eigenvalue weighted by atomic mass is 9.87. The van der Waals surface area contributed by atoms with Crippen molar-refractivity contribution in [3.8, 4) is 5.75 Å². The predicted octanol–water partition coefficient (Wildman–Crippen LogP) is 3.54. The molecule has 5 heteroatoms. The van der Waals surface area contributed by atoms with Crippen molar-refractivity contribution >= 4 is 34.7 Å². The number of esters is 1. The first-order chi connectivity index (χ1) is 11.0. The summed E-state index contributed by atoms with van der Waals surface area (Å²) in [6.07, 6.45) is 2.51. The SMILES string of the molecule is COC(=O)c1nc(C)c2c(c1O)C(=S)CC(c1ccccc1)=C2. The van der Waals surface area contributed by atoms with E-state index in [1.807, 2.05) is 36.4 Å². The number of carbonyl (C=O) groups is 1. The average molecular weight is 325 g/mol. The summed E-state index contributed by atoms with van der Waals surface area (Å²) < 4.78 is 4.67. The van der Waals surface area contributed by atoms with E-state index in [-0.39, 0.29) is 11.4 Å². The van der Waals surface area contributed by atoms with Crippen LogP contribution in [0.1, 0.15) is 39.3 Å². The van der Waals surface area contributed by atoms with E-state index in [4.69, 9.17) is 12.2 Å². The predicted molar refractivity (Wildman–Crippen MR) is 92.6 cm³/mol. The van der Waals surface area contributed by atoms with Crippen LogP contribution in [0.3, 0.4) is 0 Å². The van der Waals surface area contributed by atoms with Gasteiger partial charge in [0, 0.05) is 28.1 Å². The van der Waals surface area contributed by atoms with Crippen molar-refractivity contribution in [2.24, 2.45) is 0 Å². The Morgan fingerprint density at radius 2 is 2.00 bits per heavy atom. The van der Waals surface area contributed by atoms with Crippen LogP contribution in [0.2, 0.25) is 0 Å². The smallest absolute Gasteiger partial charge is 0.360 e. The molecule has 0 radical (unpaired) electrons. The van der Waals surface area contributed by atoms with Crippen molar-refractivity contribution in [2.45, 2.75) is 13.3 Å². The number of aromatic nitrogens is 1. The maximum atomic E-state index is 11.8. The fraction of sp³-hybridized carbons (Fsp3) is 0.167. The highest BCUT2D eigenvalue weighted by molar-refractivity contribution is 7.81. The van der Waals surface area contributed by atoms with Crippen LogP contribution in [0.5, 0.6) is 5.75 Å². The fourth-order valence-electron chi connectivity index (χ4n) is 2.73. The second-order valence-electron chi connectivity index (χ2n) is 5.31. The Balaban J connectivity index is 2.20. The summed E-state index contributed by atoms with van der Waals surface area (Å²) in [7, 11) is 1.25. The lowest BCUT2D eigenvalue weighted by Crippen LogP contribution is -2.15. The highest BCUT2D eigenvalue weighted by Gasteiger charge is 2.27. The van der Waals surface area contributed by atoms with E-state index >= 15 is 0 Å². The lowest BCUT2D eigenvalue weighted by molar-refractivity contribution is 0.0590. The maximum Gasteiger partial charge on any atom is 0.360 e. The van der Waals surface area contributed by atoms with Crippen molar-refractivity contribution in [1.82, 2.24) is 4.98 Å². The molecule has 0 spiro atoms. The minimum absolute atomic E-state index is 0.0948. The van der Waals surface area contributed by atoms with Gasteiger partial charge in [-0.3, -0.25) is 0 Å². The van der Waals surface area contributed by atoms with Gasteiger partial charge in [-0.05, 0) is 24.1 Å². The van der Waals surface area contributed by atoms with Crippen LogP contribution in [0.15, 0.2) is 30.3 Å². The molecule has 4 nitrogen and oxygen atoms in total. The number of methoxy groups -OCH3 is 1. The Bertz CT molecular complexity index is 841. The molecule has 0 amide bonds. The number of ether oxygens (including phenoxy) is 1. The maximum absolute atomic E-state index is 11.8. The van der Waals surface area contributed by atoms with Crippen molar-refractivity contribution in [1.29, 1.82) is 0 Å². The first-order valence-electron chi connectivity index (χ1n) is 7.14. The van der Waals surface area contributed by atoms with E-state index < -0.39 is 5.97 Å². The van der Waals surface area contributed by atoms with E-state index in [0.717, 1.165) is 16.7 Å². The topological polar surface area (TPSA) is 59.4 Å². The number of hydrogen-bond donors (Lipinski definition) is 1. The number of pyridine rings is 1. The highest BCUT2D eigenvalue weighted by atomic mass is 32.1. The number of benzene rings is 1. The zero-order valence-corrected chi connectivity index (χ0v) is 13.6. The molecule has 3 rings (SSSR count). The first kappa shape index (κ1) is 15.4. The van der Waals surface area contributed by atoms with Crippen LogP contribution < -0.4 is 0 Å². The highest BCUT2D eigenvalue weighted by Crippen LogP contribution is 2.37. The fourth-order valence-corrected chi connectivity index (χ4v) is 3.09. The third-order valence-electron chi connectivity index (χ3n) is 3.87. The Hall–Kier alpha value is -2.53. The van der Waals surface area contributed by atoms with Gasteiger partial charge in [-0.15, -0.1) is 0 Å². The molecule has 23 heavy (non-hydrogen) atoms. The molecule has 1 aliphatic carbocycles. The summed E-state index contributed by atoms with van der Waals surface area (Å²) in [6, 6.07) is 9.94. The van der Waals surface area contributed by atoms with E-state index in [1.54, 1.807) is 6.92 Å². The van der Waals surface area contributed by atoms with E-state index in [0.29, 0.717) is 22.5 Å². The molecule has 0 bridgehead atoms. The van der Waals surface area contributed by atoms with Crippen molar-refractivity contribution in [3.05, 3.63) is 58.4 Å². The van der Waals surface area contributed by atoms with E-state index in [9.17, 15) is 9.90 Å². The van der Waals surface area contributed by atoms with Gasteiger partial charge in [0.1, 0.15) is 0 Å². The quantitative estimate of drug-likeness (QED) is 0.676. The number of rotatable bonds is 2. The van der Waals surface area contributed by atoms with Gasteiger partial charge >= 0.3 is 5.97 Å². The van der Waals surface area contributed by atoms with Crippen LogP contribution in [0.4, 0.5) is 0 Å². The summed E-state index contributed by atoms with van der Waals surface area (Å²) in [5, 5.41) is 10.4. The molecule has 2 aromatic rings. The Morgan fingerprint density at radius 3 is 2.65 bits per heavy atom. The van der Waals surface area contributed by atoms with Gasteiger partial charge in [0.25, 0.3) is 0 Å². The van der Waals surface area contributed by atoms with Crippen LogP contribution in [-0.2, 0) is 4.74 Å². The minimum Gasteiger partial charge on any atom is -0.505 e. The van der Waals surface area contributed by atoms with Crippen molar-refractivity contribution in [3.63, 3.8) is 0 Å². The third-order valence-corrected chi connectivity index (χ3v) is 4.22. The monoisotopic (exact) mass is 325 g/mol. The second-order valence-corrected chi connectivity index (χ2v) is 5.80. The van der Waals surface area contributed by atoms with Gasteiger partial charge < -0.3 is 9.84 Å². The second kappa shape index (κ2) is 5.93. The molecule has 1 aromatic heterocycles. The molecule has 0 saturated heterocycles. The summed E-state index contributed by atoms with van der Waals surface area (Å²) >= 11 is 5.49. The van der Waals surface area contributed by atoms with Crippen LogP contribution in [0.25, 0.3) is 11.6 Å². The van der Waals surface area contributed by atoms with Gasteiger partial charge in [0.05, 0.1) is 7.11 Å². The standard InChI is InChI=1S/C18H15NO3S/c1-10-13-8-12(11-6-4-3-5-7-11)9-14(23)15(13)17(20)16(19-10)18(21)22-2/h3-8,20H,9H2,1-2H3. The minimum atomic E-state index is -0.672. The molecule has 1 N–H and O–H groups in total. The van der Waals surface area contributed by atoms with E-state index in [1.165, 1.54) is 7.11 Å². The number of nitrogens with zero attached hydrogens (tertiary/aromatic N) is 1. The molecule has 1 aliphatic rings. The van der Waals surface area contributed by atoms with Crippen LogP contribution in [-0.4, -0.2) is 28.0 Å². The Labute approximate surface area is 139 Å². The molecule has 116 valence electrons. The zero-order valence-electron chi connectivity index (χ0n) is 12.8. The zero-order chi connectivity index (χ0) is 16.6. The molecule has 0 fully saturated rings. The molecule has 1 heterocycles. The van der Waals surface area contributed by atoms with Gasteiger partial charge in [-0.2, -0.15) is 0 Å². The summed E-state index contributed by atoms with van der Waals surface area (Å²) in [6.45, 7) is 1.79. The van der Waals surface area contributed by atoms with E-state index in [2.05, 4.69) is 9.72 Å². The average Bonchev–Trinajstić information content (AvgIpc) is 2.57. The number of hydrogen-bond acceptors (Lipinski definition) is 5. The van der Waals surface area contributed by atoms with Gasteiger partial charge in [0.15, 0.2) is 11.4 Å². The number of aryl methyl sites for hydroxylation is 1. The molecule has 0 saturated carbocycles. The number of aromatic hydroxyl groups is 1. The third kappa shape index (κ3) is 2.64. The molecule has 1 aromatic carbocycles. The lowest BCUT2D eigenvalue weighted by Gasteiger charge is -2.21. The van der Waals surface area contributed by atoms with Gasteiger partial charge in [0.2, 0.25) is 0 Å². The van der Waals surface area contributed by atoms with Crippen LogP contribution in [0, 0.1) is 6.92 Å². The largest absolute Gasteiger partial charge is 0.505 e. The molecule has 0 aliphatic heterocycles. The van der Waals surface area contributed by atoms with Gasteiger partial charge in [-0.1, -0.05) is 42.5 Å². The molecule has 0 atom stereocenters. The summed E-state index contributed by atoms with van der Waals surface area (Å²) in [5.41, 5.74) is 3.95. The Morgan fingerprint density at radius 1 is 1.30 bits per heavy atom.